The molecule has 1 aliphatic rings. The number of carbonyl (C=O) groups is 1. The van der Waals surface area contributed by atoms with Gasteiger partial charge in [0.15, 0.2) is 5.16 Å². The van der Waals surface area contributed by atoms with Crippen LogP contribution in [0.15, 0.2) is 41.7 Å². The maximum Gasteiger partial charge on any atom is 0.233 e. The molecular weight excluding hydrogens is 308 g/mol. The molecule has 122 valence electrons. The fourth-order valence-corrected chi connectivity index (χ4v) is 3.69. The Morgan fingerprint density at radius 2 is 2.13 bits per heavy atom. The quantitative estimate of drug-likeness (QED) is 0.691. The summed E-state index contributed by atoms with van der Waals surface area (Å²) in [5.74, 6) is 6.53. The average molecular weight is 330 g/mol. The van der Waals surface area contributed by atoms with E-state index < -0.39 is 0 Å². The maximum atomic E-state index is 12.4. The van der Waals surface area contributed by atoms with E-state index in [0.29, 0.717) is 17.0 Å². The zero-order chi connectivity index (χ0) is 16.2. The van der Waals surface area contributed by atoms with Crippen molar-refractivity contribution in [2.45, 2.75) is 37.4 Å². The lowest BCUT2D eigenvalue weighted by atomic mass is 10.0. The number of thioether (sulfide) groups is 1. The van der Waals surface area contributed by atoms with Crippen molar-refractivity contribution in [1.29, 1.82) is 0 Å². The van der Waals surface area contributed by atoms with Crippen LogP contribution in [0, 0.1) is 0 Å². The van der Waals surface area contributed by atoms with E-state index >= 15 is 0 Å². The standard InChI is InChI=1S/C17H22N4OS/c1-13-7-5-6-10-20(13)16(22)12-23-17-19-15(11-21(17)18)14-8-3-2-4-9-14/h2-4,8-9,11,13H,5-7,10,12,18H2,1H3/t13-/m0/s1. The van der Waals surface area contributed by atoms with Crippen LogP contribution in [0.3, 0.4) is 0 Å². The van der Waals surface area contributed by atoms with Crippen LogP contribution in [0.25, 0.3) is 11.3 Å². The number of benzene rings is 1. The Morgan fingerprint density at radius 1 is 1.35 bits per heavy atom. The number of amides is 1. The molecule has 2 N–H and O–H groups in total. The van der Waals surface area contributed by atoms with Gasteiger partial charge in [0.05, 0.1) is 17.6 Å². The van der Waals surface area contributed by atoms with Crippen molar-refractivity contribution in [2.75, 3.05) is 18.1 Å². The lowest BCUT2D eigenvalue weighted by Crippen LogP contribution is -2.43. The summed E-state index contributed by atoms with van der Waals surface area (Å²) < 4.78 is 1.50. The molecule has 1 aromatic carbocycles. The first-order valence-corrected chi connectivity index (χ1v) is 8.96. The minimum Gasteiger partial charge on any atom is -0.339 e. The minimum atomic E-state index is 0.173. The monoisotopic (exact) mass is 330 g/mol. The topological polar surface area (TPSA) is 64.2 Å². The minimum absolute atomic E-state index is 0.173. The van der Waals surface area contributed by atoms with Crippen molar-refractivity contribution >= 4 is 17.7 Å². The molecule has 0 spiro atoms. The lowest BCUT2D eigenvalue weighted by Gasteiger charge is -2.33. The summed E-state index contributed by atoms with van der Waals surface area (Å²) in [7, 11) is 0. The van der Waals surface area contributed by atoms with Gasteiger partial charge >= 0.3 is 0 Å². The number of likely N-dealkylation sites (tertiary alicyclic amines) is 1. The molecule has 2 aromatic rings. The highest BCUT2D eigenvalue weighted by atomic mass is 32.2. The summed E-state index contributed by atoms with van der Waals surface area (Å²) in [6.45, 7) is 2.99. The van der Waals surface area contributed by atoms with E-state index in [-0.39, 0.29) is 5.91 Å². The highest BCUT2D eigenvalue weighted by Crippen LogP contribution is 2.24. The van der Waals surface area contributed by atoms with E-state index in [1.54, 1.807) is 6.20 Å². The Kier molecular flexibility index (Phi) is 4.91. The van der Waals surface area contributed by atoms with Gasteiger partial charge in [0.2, 0.25) is 5.91 Å². The number of imidazole rings is 1. The summed E-state index contributed by atoms with van der Waals surface area (Å²) in [5, 5.41) is 0.668. The number of carbonyl (C=O) groups excluding carboxylic acids is 1. The van der Waals surface area contributed by atoms with Crippen LogP contribution in [-0.2, 0) is 4.79 Å². The number of aromatic nitrogens is 2. The molecule has 0 aliphatic carbocycles. The normalized spacial score (nSPS) is 18.1. The van der Waals surface area contributed by atoms with Crippen LogP contribution in [-0.4, -0.2) is 38.8 Å². The molecule has 1 aliphatic heterocycles. The molecule has 0 saturated carbocycles. The van der Waals surface area contributed by atoms with Crippen LogP contribution >= 0.6 is 11.8 Å². The Balaban J connectivity index is 1.64. The molecule has 0 bridgehead atoms. The average Bonchev–Trinajstić information content (AvgIpc) is 2.95. The van der Waals surface area contributed by atoms with Crippen LogP contribution in [0.1, 0.15) is 26.2 Å². The molecule has 1 saturated heterocycles. The molecule has 1 atom stereocenters. The van der Waals surface area contributed by atoms with Crippen LogP contribution in [0.2, 0.25) is 0 Å². The van der Waals surface area contributed by atoms with Gasteiger partial charge in [0.25, 0.3) is 0 Å². The number of nitrogens with two attached hydrogens (primary N) is 1. The van der Waals surface area contributed by atoms with Crippen LogP contribution in [0.5, 0.6) is 0 Å². The molecule has 1 fully saturated rings. The third-order valence-electron chi connectivity index (χ3n) is 4.22. The van der Waals surface area contributed by atoms with Gasteiger partial charge in [-0.05, 0) is 26.2 Å². The first kappa shape index (κ1) is 15.9. The smallest absolute Gasteiger partial charge is 0.233 e. The van der Waals surface area contributed by atoms with Gasteiger partial charge in [-0.25, -0.2) is 9.66 Å². The second-order valence-corrected chi connectivity index (χ2v) is 6.85. The van der Waals surface area contributed by atoms with E-state index in [2.05, 4.69) is 11.9 Å². The van der Waals surface area contributed by atoms with Crippen molar-refractivity contribution in [1.82, 2.24) is 14.6 Å². The second-order valence-electron chi connectivity index (χ2n) is 5.90. The Morgan fingerprint density at radius 3 is 2.87 bits per heavy atom. The zero-order valence-corrected chi connectivity index (χ0v) is 14.1. The highest BCUT2D eigenvalue weighted by molar-refractivity contribution is 7.99. The van der Waals surface area contributed by atoms with E-state index in [0.717, 1.165) is 30.6 Å². The van der Waals surface area contributed by atoms with E-state index in [1.165, 1.54) is 22.9 Å². The Hall–Kier alpha value is -1.95. The molecule has 0 radical (unpaired) electrons. The molecule has 5 nitrogen and oxygen atoms in total. The molecule has 2 heterocycles. The van der Waals surface area contributed by atoms with Crippen LogP contribution < -0.4 is 5.84 Å². The fourth-order valence-electron chi connectivity index (χ4n) is 2.91. The van der Waals surface area contributed by atoms with Gasteiger partial charge in [-0.3, -0.25) is 4.79 Å². The van der Waals surface area contributed by atoms with Gasteiger partial charge in [-0.15, -0.1) is 0 Å². The number of nitrogens with zero attached hydrogens (tertiary/aromatic N) is 3. The third kappa shape index (κ3) is 3.69. The van der Waals surface area contributed by atoms with Crippen molar-refractivity contribution in [3.05, 3.63) is 36.5 Å². The van der Waals surface area contributed by atoms with Crippen molar-refractivity contribution in [2.24, 2.45) is 0 Å². The fraction of sp³-hybridized carbons (Fsp3) is 0.412. The predicted octanol–water partition coefficient (Wildman–Crippen LogP) is 2.76. The van der Waals surface area contributed by atoms with E-state index in [4.69, 9.17) is 5.84 Å². The number of hydrogen-bond donors (Lipinski definition) is 1. The van der Waals surface area contributed by atoms with Crippen molar-refractivity contribution in [3.63, 3.8) is 0 Å². The van der Waals surface area contributed by atoms with Gasteiger partial charge < -0.3 is 10.7 Å². The predicted molar refractivity (Wildman–Crippen MR) is 93.6 cm³/mol. The van der Waals surface area contributed by atoms with Gasteiger partial charge in [-0.2, -0.15) is 0 Å². The number of rotatable bonds is 4. The van der Waals surface area contributed by atoms with E-state index in [1.807, 2.05) is 35.2 Å². The largest absolute Gasteiger partial charge is 0.339 e. The molecule has 0 unspecified atom stereocenters. The Bertz CT molecular complexity index is 670. The first-order chi connectivity index (χ1) is 11.1. The number of nitrogen functional groups attached to an aromatic ring is 1. The molecule has 23 heavy (non-hydrogen) atoms. The summed E-state index contributed by atoms with van der Waals surface area (Å²) in [6.07, 6.45) is 5.21. The second kappa shape index (κ2) is 7.08. The molecular formula is C17H22N4OS. The molecule has 1 aromatic heterocycles. The third-order valence-corrected chi connectivity index (χ3v) is 5.17. The summed E-state index contributed by atoms with van der Waals surface area (Å²) >= 11 is 1.40. The van der Waals surface area contributed by atoms with Crippen LogP contribution in [0.4, 0.5) is 0 Å². The summed E-state index contributed by atoms with van der Waals surface area (Å²) in [5.41, 5.74) is 1.85. The van der Waals surface area contributed by atoms with Crippen molar-refractivity contribution < 1.29 is 4.79 Å². The van der Waals surface area contributed by atoms with Crippen molar-refractivity contribution in [3.8, 4) is 11.3 Å². The zero-order valence-electron chi connectivity index (χ0n) is 13.3. The molecule has 6 heteroatoms. The lowest BCUT2D eigenvalue weighted by molar-refractivity contribution is -0.131. The summed E-state index contributed by atoms with van der Waals surface area (Å²) in [6, 6.07) is 10.2. The maximum absolute atomic E-state index is 12.4. The number of piperidine rings is 1. The summed E-state index contributed by atoms with van der Waals surface area (Å²) in [4.78, 5) is 18.9. The first-order valence-electron chi connectivity index (χ1n) is 7.97. The molecule has 3 rings (SSSR count). The van der Waals surface area contributed by atoms with E-state index in [9.17, 15) is 4.79 Å². The van der Waals surface area contributed by atoms with Gasteiger partial charge in [0, 0.05) is 18.2 Å². The number of hydrogen-bond acceptors (Lipinski definition) is 4. The highest BCUT2D eigenvalue weighted by Gasteiger charge is 2.23. The SMILES string of the molecule is C[C@H]1CCCCN1C(=O)CSc1nc(-c2ccccc2)cn1N. The van der Waals surface area contributed by atoms with Gasteiger partial charge in [0.1, 0.15) is 0 Å². The Labute approximate surface area is 140 Å². The van der Waals surface area contributed by atoms with Gasteiger partial charge in [-0.1, -0.05) is 42.1 Å². The molecule has 1 amide bonds.